The van der Waals surface area contributed by atoms with Crippen LogP contribution in [0.1, 0.15) is 48.8 Å². The number of amides is 3. The Morgan fingerprint density at radius 3 is 2.35 bits per heavy atom. The number of carbonyl (C=O) groups excluding carboxylic acids is 3. The van der Waals surface area contributed by atoms with Crippen LogP contribution in [0.4, 0.5) is 29.3 Å². The van der Waals surface area contributed by atoms with Crippen molar-refractivity contribution in [2.45, 2.75) is 62.3 Å². The number of fused-ring (bicyclic) bond motifs is 2. The van der Waals surface area contributed by atoms with Gasteiger partial charge < -0.3 is 30.5 Å². The van der Waals surface area contributed by atoms with Crippen molar-refractivity contribution in [3.05, 3.63) is 58.1 Å². The number of anilines is 2. The van der Waals surface area contributed by atoms with E-state index in [2.05, 4.69) is 22.2 Å². The quantitative estimate of drug-likeness (QED) is 0.442. The lowest BCUT2D eigenvalue weighted by Gasteiger charge is -2.44. The Labute approximate surface area is 283 Å². The number of alkyl halides is 3. The van der Waals surface area contributed by atoms with E-state index >= 15 is 0 Å². The summed E-state index contributed by atoms with van der Waals surface area (Å²) in [7, 11) is 2.11. The first-order chi connectivity index (χ1) is 22.8. The monoisotopic (exact) mass is 690 g/mol. The molecule has 3 saturated heterocycles. The van der Waals surface area contributed by atoms with Gasteiger partial charge in [0.1, 0.15) is 0 Å². The van der Waals surface area contributed by atoms with Gasteiger partial charge in [-0.2, -0.15) is 13.2 Å². The van der Waals surface area contributed by atoms with Crippen LogP contribution in [0.2, 0.25) is 5.02 Å². The van der Waals surface area contributed by atoms with Crippen LogP contribution in [0, 0.1) is 0 Å². The highest BCUT2D eigenvalue weighted by molar-refractivity contribution is 6.33. The molecule has 0 saturated carbocycles. The second-order valence-corrected chi connectivity index (χ2v) is 14.0. The summed E-state index contributed by atoms with van der Waals surface area (Å²) in [6, 6.07) is 10.2. The van der Waals surface area contributed by atoms with Gasteiger partial charge in [-0.15, -0.1) is 0 Å². The Morgan fingerprint density at radius 2 is 1.69 bits per heavy atom. The van der Waals surface area contributed by atoms with Crippen LogP contribution in [0.3, 0.4) is 0 Å². The summed E-state index contributed by atoms with van der Waals surface area (Å²) in [6.45, 7) is 4.79. The van der Waals surface area contributed by atoms with Crippen molar-refractivity contribution in [1.82, 2.24) is 19.6 Å². The number of rotatable bonds is 5. The first kappa shape index (κ1) is 34.3. The highest BCUT2D eigenvalue weighted by Crippen LogP contribution is 2.45. The highest BCUT2D eigenvalue weighted by atomic mass is 35.5. The predicted octanol–water partition coefficient (Wildman–Crippen LogP) is 4.60. The van der Waals surface area contributed by atoms with Crippen LogP contribution in [0.25, 0.3) is 0 Å². The number of hydrogen-bond donors (Lipinski definition) is 2. The molecule has 0 bridgehead atoms. The summed E-state index contributed by atoms with van der Waals surface area (Å²) in [5, 5.41) is 2.63. The Bertz CT molecular complexity index is 1530. The maximum absolute atomic E-state index is 14.0. The van der Waals surface area contributed by atoms with Gasteiger partial charge in [-0.3, -0.25) is 14.5 Å². The van der Waals surface area contributed by atoms with E-state index < -0.39 is 40.9 Å². The molecule has 260 valence electrons. The molecule has 6 rings (SSSR count). The molecular weight excluding hydrogens is 649 g/mol. The number of nitrogens with one attached hydrogen (secondary N) is 1. The fourth-order valence-corrected chi connectivity index (χ4v) is 7.94. The number of nitrogens with zero attached hydrogens (tertiary/aromatic N) is 4. The zero-order chi connectivity index (χ0) is 34.2. The van der Waals surface area contributed by atoms with Gasteiger partial charge in [-0.1, -0.05) is 29.8 Å². The van der Waals surface area contributed by atoms with Crippen molar-refractivity contribution in [2.24, 2.45) is 0 Å². The number of likely N-dealkylation sites (tertiary alicyclic amines) is 2. The third-order valence-corrected chi connectivity index (χ3v) is 10.8. The first-order valence-electron chi connectivity index (χ1n) is 16.5. The molecule has 48 heavy (non-hydrogen) atoms. The van der Waals surface area contributed by atoms with Crippen LogP contribution >= 0.6 is 11.6 Å². The number of piperazine rings is 1. The summed E-state index contributed by atoms with van der Waals surface area (Å²) in [5.74, 6) is -0.536. The maximum Gasteiger partial charge on any atom is 0.418 e. The van der Waals surface area contributed by atoms with Gasteiger partial charge in [0.15, 0.2) is 6.10 Å². The minimum Gasteiger partial charge on any atom is -0.436 e. The molecule has 14 heteroatoms. The van der Waals surface area contributed by atoms with Crippen LogP contribution in [-0.4, -0.2) is 109 Å². The molecule has 0 aromatic heterocycles. The van der Waals surface area contributed by atoms with Crippen LogP contribution in [-0.2, 0) is 32.3 Å². The molecule has 3 N–H and O–H groups in total. The Kier molecular flexibility index (Phi) is 9.83. The van der Waals surface area contributed by atoms with E-state index in [9.17, 15) is 27.6 Å². The molecule has 0 unspecified atom stereocenters. The molecule has 2 aromatic carbocycles. The summed E-state index contributed by atoms with van der Waals surface area (Å²) in [6.07, 6.45) is -3.70. The van der Waals surface area contributed by atoms with Gasteiger partial charge in [-0.25, -0.2) is 4.79 Å². The lowest BCUT2D eigenvalue weighted by Crippen LogP contribution is -2.56. The summed E-state index contributed by atoms with van der Waals surface area (Å²) in [4.78, 5) is 48.0. The van der Waals surface area contributed by atoms with Gasteiger partial charge >= 0.3 is 12.3 Å². The van der Waals surface area contributed by atoms with E-state index in [0.717, 1.165) is 43.2 Å². The Hall–Kier alpha value is -3.55. The van der Waals surface area contributed by atoms with Gasteiger partial charge in [0.05, 0.1) is 16.3 Å². The molecule has 2 aromatic rings. The Morgan fingerprint density at radius 1 is 1.02 bits per heavy atom. The van der Waals surface area contributed by atoms with E-state index in [-0.39, 0.29) is 22.9 Å². The van der Waals surface area contributed by atoms with Crippen molar-refractivity contribution in [3.63, 3.8) is 0 Å². The van der Waals surface area contributed by atoms with Crippen molar-refractivity contribution < 1.29 is 32.3 Å². The van der Waals surface area contributed by atoms with Gasteiger partial charge in [-0.05, 0) is 75.1 Å². The van der Waals surface area contributed by atoms with Gasteiger partial charge in [0, 0.05) is 69.3 Å². The van der Waals surface area contributed by atoms with Crippen molar-refractivity contribution in [3.8, 4) is 0 Å². The summed E-state index contributed by atoms with van der Waals surface area (Å²) >= 11 is 6.11. The minimum atomic E-state index is -4.76. The zero-order valence-corrected chi connectivity index (χ0v) is 27.8. The fourth-order valence-electron chi connectivity index (χ4n) is 7.70. The number of nitrogens with two attached hydrogens (primary N) is 1. The molecule has 1 atom stereocenters. The lowest BCUT2D eigenvalue weighted by molar-refractivity contribution is -0.143. The lowest BCUT2D eigenvalue weighted by atomic mass is 9.68. The predicted molar refractivity (Wildman–Crippen MR) is 176 cm³/mol. The standard InChI is InChI=1S/C34H42ClF3N6O4/c1-41-10-6-23(7-11-41)42-14-16-43(17-15-42)31(46)28(20-22-18-25(34(36,37)38)30(39)26(35)19-22)48-32(47)44-12-8-33(9-13-44)21-29(45)40-27-5-3-2-4-24(27)33/h2-5,18-19,23,28H,6-17,20-21,39H2,1H3,(H,40,45)/t28-/m1/s1. The number of piperidine rings is 2. The SMILES string of the molecule is CN1CCC(N2CCN(C(=O)[C@@H](Cc3cc(Cl)c(N)c(C(F)(F)F)c3)OC(=O)N3CCC4(CC3)CC(=O)Nc3ccccc34)CC2)CC1. The third-order valence-electron chi connectivity index (χ3n) is 10.5. The van der Waals surface area contributed by atoms with E-state index in [1.54, 1.807) is 4.90 Å². The normalized spacial score (nSPS) is 21.5. The second kappa shape index (κ2) is 13.8. The maximum atomic E-state index is 14.0. The van der Waals surface area contributed by atoms with Gasteiger partial charge in [0.25, 0.3) is 5.91 Å². The zero-order valence-electron chi connectivity index (χ0n) is 27.0. The average molecular weight is 691 g/mol. The van der Waals surface area contributed by atoms with Crippen LogP contribution in [0.15, 0.2) is 36.4 Å². The first-order valence-corrected chi connectivity index (χ1v) is 16.9. The van der Waals surface area contributed by atoms with Crippen molar-refractivity contribution >= 4 is 40.9 Å². The minimum absolute atomic E-state index is 0.0771. The number of carbonyl (C=O) groups is 3. The number of hydrogen-bond acceptors (Lipinski definition) is 7. The fraction of sp³-hybridized carbons (Fsp3) is 0.559. The second-order valence-electron chi connectivity index (χ2n) is 13.5. The van der Waals surface area contributed by atoms with E-state index in [4.69, 9.17) is 22.1 Å². The van der Waals surface area contributed by atoms with Crippen molar-refractivity contribution in [1.29, 1.82) is 0 Å². The number of halogens is 4. The summed E-state index contributed by atoms with van der Waals surface area (Å²) in [5.41, 5.74) is 5.41. The number of nitrogen functional groups attached to an aromatic ring is 1. The van der Waals surface area contributed by atoms with Crippen LogP contribution < -0.4 is 11.1 Å². The number of benzene rings is 2. The molecule has 4 aliphatic rings. The molecular formula is C34H42ClF3N6O4. The molecule has 1 spiro atoms. The smallest absolute Gasteiger partial charge is 0.418 e. The molecule has 4 heterocycles. The van der Waals surface area contributed by atoms with E-state index in [0.29, 0.717) is 64.6 Å². The molecule has 3 fully saturated rings. The highest BCUT2D eigenvalue weighted by Gasteiger charge is 2.44. The molecule has 0 radical (unpaired) electrons. The van der Waals surface area contributed by atoms with E-state index in [1.807, 2.05) is 24.3 Å². The van der Waals surface area contributed by atoms with Gasteiger partial charge in [0.2, 0.25) is 5.91 Å². The molecule has 10 nitrogen and oxygen atoms in total. The Balaban J connectivity index is 1.17. The number of para-hydroxylation sites is 1. The number of ether oxygens (including phenoxy) is 1. The molecule has 0 aliphatic carbocycles. The topological polar surface area (TPSA) is 111 Å². The molecule has 4 aliphatic heterocycles. The van der Waals surface area contributed by atoms with Crippen LogP contribution in [0.5, 0.6) is 0 Å². The van der Waals surface area contributed by atoms with E-state index in [1.165, 1.54) is 11.0 Å². The third kappa shape index (κ3) is 7.23. The molecule has 3 amide bonds. The largest absolute Gasteiger partial charge is 0.436 e. The average Bonchev–Trinajstić information content (AvgIpc) is 3.06. The summed E-state index contributed by atoms with van der Waals surface area (Å²) < 4.78 is 47.2. The van der Waals surface area contributed by atoms with Crippen molar-refractivity contribution in [2.75, 3.05) is 70.5 Å².